The molecule has 1 N–H and O–H groups in total. The largest absolute Gasteiger partial charge is 0.356 e. The highest BCUT2D eigenvalue weighted by Crippen LogP contribution is 2.28. The van der Waals surface area contributed by atoms with Gasteiger partial charge < -0.3 is 15.1 Å². The minimum absolute atomic E-state index is 0.311. The number of carbonyl (C=O) groups is 1. The van der Waals surface area contributed by atoms with Crippen molar-refractivity contribution in [2.75, 3.05) is 59.4 Å². The fourth-order valence-corrected chi connectivity index (χ4v) is 4.77. The fraction of sp³-hybridized carbons (Fsp3) is 0.905. The van der Waals surface area contributed by atoms with E-state index in [1.807, 2.05) is 11.9 Å². The highest BCUT2D eigenvalue weighted by molar-refractivity contribution is 5.80. The van der Waals surface area contributed by atoms with Gasteiger partial charge in [-0.05, 0) is 25.2 Å². The summed E-state index contributed by atoms with van der Waals surface area (Å²) in [6.07, 6.45) is 12.1. The number of hydrogen-bond acceptors (Lipinski definition) is 3. The van der Waals surface area contributed by atoms with Crippen LogP contribution in [0.1, 0.15) is 57.8 Å². The molecule has 27 heavy (non-hydrogen) atoms. The number of guanidine groups is 1. The van der Waals surface area contributed by atoms with Gasteiger partial charge in [-0.2, -0.15) is 0 Å². The molecule has 2 saturated heterocycles. The molecule has 0 spiro atoms. The predicted molar refractivity (Wildman–Crippen MR) is 111 cm³/mol. The summed E-state index contributed by atoms with van der Waals surface area (Å²) in [5.74, 6) is 2.34. The van der Waals surface area contributed by atoms with E-state index in [2.05, 4.69) is 20.1 Å². The number of piperazine rings is 1. The van der Waals surface area contributed by atoms with Crippen molar-refractivity contribution in [1.82, 2.24) is 20.0 Å². The van der Waals surface area contributed by atoms with Crippen molar-refractivity contribution in [3.63, 3.8) is 0 Å². The fourth-order valence-electron chi connectivity index (χ4n) is 4.77. The van der Waals surface area contributed by atoms with Gasteiger partial charge in [0.15, 0.2) is 5.96 Å². The van der Waals surface area contributed by atoms with Crippen molar-refractivity contribution >= 4 is 11.9 Å². The molecule has 6 nitrogen and oxygen atoms in total. The number of amides is 1. The second kappa shape index (κ2) is 10.9. The molecule has 2 heterocycles. The Morgan fingerprint density at radius 2 is 1.63 bits per heavy atom. The van der Waals surface area contributed by atoms with Crippen LogP contribution < -0.4 is 5.32 Å². The number of likely N-dealkylation sites (tertiary alicyclic amines) is 1. The maximum Gasteiger partial charge on any atom is 0.236 e. The normalized spacial score (nSPS) is 22.6. The molecule has 1 amide bonds. The lowest BCUT2D eigenvalue weighted by Gasteiger charge is -2.36. The maximum atomic E-state index is 12.3. The van der Waals surface area contributed by atoms with Crippen LogP contribution >= 0.6 is 0 Å². The number of hydrogen-bond donors (Lipinski definition) is 1. The van der Waals surface area contributed by atoms with E-state index in [-0.39, 0.29) is 0 Å². The number of nitrogens with zero attached hydrogens (tertiary/aromatic N) is 4. The highest BCUT2D eigenvalue weighted by atomic mass is 16.2. The average Bonchev–Trinajstić information content (AvgIpc) is 3.39. The van der Waals surface area contributed by atoms with E-state index in [0.29, 0.717) is 12.5 Å². The molecule has 3 aliphatic rings. The summed E-state index contributed by atoms with van der Waals surface area (Å²) >= 11 is 0. The van der Waals surface area contributed by atoms with Crippen LogP contribution in [0.2, 0.25) is 0 Å². The SMILES string of the molecule is CN=C(NCCCCC1CCCC1)N1CCN(CC(=O)N2CCCC2)CC1. The van der Waals surface area contributed by atoms with Crippen LogP contribution in [-0.2, 0) is 4.79 Å². The van der Waals surface area contributed by atoms with Gasteiger partial charge in [0.05, 0.1) is 6.54 Å². The van der Waals surface area contributed by atoms with Crippen LogP contribution in [-0.4, -0.2) is 86.0 Å². The minimum atomic E-state index is 0.311. The third-order valence-corrected chi connectivity index (χ3v) is 6.50. The van der Waals surface area contributed by atoms with Crippen molar-refractivity contribution < 1.29 is 4.79 Å². The molecule has 0 bridgehead atoms. The number of carbonyl (C=O) groups excluding carboxylic acids is 1. The minimum Gasteiger partial charge on any atom is -0.356 e. The van der Waals surface area contributed by atoms with Gasteiger partial charge in [0.1, 0.15) is 0 Å². The molecular formula is C21H39N5O. The summed E-state index contributed by atoms with van der Waals surface area (Å²) in [6, 6.07) is 0. The highest BCUT2D eigenvalue weighted by Gasteiger charge is 2.24. The molecule has 0 aromatic heterocycles. The van der Waals surface area contributed by atoms with Gasteiger partial charge in [0, 0.05) is 52.9 Å². The molecule has 154 valence electrons. The Balaban J connectivity index is 1.29. The van der Waals surface area contributed by atoms with Gasteiger partial charge in [-0.25, -0.2) is 0 Å². The van der Waals surface area contributed by atoms with Gasteiger partial charge in [0.25, 0.3) is 0 Å². The third kappa shape index (κ3) is 6.37. The molecule has 0 unspecified atom stereocenters. The zero-order valence-electron chi connectivity index (χ0n) is 17.3. The first-order chi connectivity index (χ1) is 13.3. The van der Waals surface area contributed by atoms with Gasteiger partial charge in [-0.3, -0.25) is 14.7 Å². The van der Waals surface area contributed by atoms with Gasteiger partial charge in [0.2, 0.25) is 5.91 Å². The lowest BCUT2D eigenvalue weighted by Crippen LogP contribution is -2.54. The molecule has 2 aliphatic heterocycles. The van der Waals surface area contributed by atoms with Crippen LogP contribution in [0.25, 0.3) is 0 Å². The first-order valence-corrected chi connectivity index (χ1v) is 11.2. The van der Waals surface area contributed by atoms with Crippen LogP contribution in [0, 0.1) is 5.92 Å². The summed E-state index contributed by atoms with van der Waals surface area (Å²) in [5, 5.41) is 3.55. The molecule has 3 rings (SSSR count). The van der Waals surface area contributed by atoms with Gasteiger partial charge >= 0.3 is 0 Å². The van der Waals surface area contributed by atoms with Crippen molar-refractivity contribution in [2.45, 2.75) is 57.8 Å². The van der Waals surface area contributed by atoms with E-state index >= 15 is 0 Å². The second-order valence-corrected chi connectivity index (χ2v) is 8.47. The van der Waals surface area contributed by atoms with E-state index in [1.54, 1.807) is 0 Å². The maximum absolute atomic E-state index is 12.3. The summed E-state index contributed by atoms with van der Waals surface area (Å²) in [6.45, 7) is 7.31. The molecule has 1 saturated carbocycles. The Morgan fingerprint density at radius 1 is 0.926 bits per heavy atom. The zero-order chi connectivity index (χ0) is 18.9. The molecule has 3 fully saturated rings. The quantitative estimate of drug-likeness (QED) is 0.420. The van der Waals surface area contributed by atoms with Gasteiger partial charge in [-0.15, -0.1) is 0 Å². The Kier molecular flexibility index (Phi) is 8.24. The van der Waals surface area contributed by atoms with E-state index in [9.17, 15) is 4.79 Å². The first-order valence-electron chi connectivity index (χ1n) is 11.2. The Hall–Kier alpha value is -1.30. The average molecular weight is 378 g/mol. The monoisotopic (exact) mass is 377 g/mol. The molecule has 6 heteroatoms. The van der Waals surface area contributed by atoms with E-state index in [0.717, 1.165) is 57.7 Å². The van der Waals surface area contributed by atoms with E-state index in [1.165, 1.54) is 57.8 Å². The van der Waals surface area contributed by atoms with Crippen molar-refractivity contribution in [3.8, 4) is 0 Å². The van der Waals surface area contributed by atoms with Crippen LogP contribution in [0.4, 0.5) is 0 Å². The first kappa shape index (κ1) is 20.4. The van der Waals surface area contributed by atoms with Crippen molar-refractivity contribution in [2.24, 2.45) is 10.9 Å². The number of rotatable bonds is 7. The Bertz CT molecular complexity index is 475. The topological polar surface area (TPSA) is 51.2 Å². The third-order valence-electron chi connectivity index (χ3n) is 6.50. The molecular weight excluding hydrogens is 338 g/mol. The van der Waals surface area contributed by atoms with Crippen LogP contribution in [0.3, 0.4) is 0 Å². The number of aliphatic imine (C=N–C) groups is 1. The summed E-state index contributed by atoms with van der Waals surface area (Å²) in [5.41, 5.74) is 0. The molecule has 0 aromatic rings. The lowest BCUT2D eigenvalue weighted by atomic mass is 10.0. The smallest absolute Gasteiger partial charge is 0.236 e. The second-order valence-electron chi connectivity index (χ2n) is 8.47. The zero-order valence-corrected chi connectivity index (χ0v) is 17.3. The van der Waals surface area contributed by atoms with Crippen molar-refractivity contribution in [3.05, 3.63) is 0 Å². The number of unbranched alkanes of at least 4 members (excludes halogenated alkanes) is 1. The standard InChI is InChI=1S/C21H39N5O/c1-22-21(23-11-5-4-10-19-8-2-3-9-19)26-16-14-24(15-17-26)18-20(27)25-12-6-7-13-25/h19H,2-18H2,1H3,(H,22,23). The van der Waals surface area contributed by atoms with Crippen molar-refractivity contribution in [1.29, 1.82) is 0 Å². The summed E-state index contributed by atoms with van der Waals surface area (Å²) in [4.78, 5) is 23.5. The Labute approximate surface area is 165 Å². The van der Waals surface area contributed by atoms with E-state index < -0.39 is 0 Å². The molecule has 0 aromatic carbocycles. The molecule has 0 atom stereocenters. The summed E-state index contributed by atoms with van der Waals surface area (Å²) in [7, 11) is 1.88. The van der Waals surface area contributed by atoms with Crippen LogP contribution in [0.15, 0.2) is 4.99 Å². The van der Waals surface area contributed by atoms with E-state index in [4.69, 9.17) is 0 Å². The molecule has 0 radical (unpaired) electrons. The predicted octanol–water partition coefficient (Wildman–Crippen LogP) is 2.16. The lowest BCUT2D eigenvalue weighted by molar-refractivity contribution is -0.131. The molecule has 1 aliphatic carbocycles. The van der Waals surface area contributed by atoms with Gasteiger partial charge in [-0.1, -0.05) is 38.5 Å². The number of nitrogens with one attached hydrogen (secondary N) is 1. The summed E-state index contributed by atoms with van der Waals surface area (Å²) < 4.78 is 0. The Morgan fingerprint density at radius 3 is 2.30 bits per heavy atom. The van der Waals surface area contributed by atoms with Crippen LogP contribution in [0.5, 0.6) is 0 Å².